The summed E-state index contributed by atoms with van der Waals surface area (Å²) in [4.78, 5) is 13.4. The molecule has 1 aromatic heterocycles. The van der Waals surface area contributed by atoms with Gasteiger partial charge in [0.2, 0.25) is 0 Å². The average Bonchev–Trinajstić information content (AvgIpc) is 2.71. The van der Waals surface area contributed by atoms with Crippen molar-refractivity contribution in [3.8, 4) is 22.3 Å². The van der Waals surface area contributed by atoms with Crippen molar-refractivity contribution < 1.29 is 0 Å². The first kappa shape index (κ1) is 17.4. The second kappa shape index (κ2) is 7.72. The van der Waals surface area contributed by atoms with Gasteiger partial charge >= 0.3 is 0 Å². The molecule has 132 valence electrons. The van der Waals surface area contributed by atoms with Gasteiger partial charge in [-0.1, -0.05) is 94.8 Å². The van der Waals surface area contributed by atoms with E-state index in [1.165, 1.54) is 4.68 Å². The summed E-state index contributed by atoms with van der Waals surface area (Å²) in [6.07, 6.45) is 1.78. The Bertz CT molecular complexity index is 1120. The Labute approximate surface area is 166 Å². The zero-order valence-electron chi connectivity index (χ0n) is 14.5. The predicted octanol–water partition coefficient (Wildman–Crippen LogP) is 5.39. The maximum atomic E-state index is 13.4. The lowest BCUT2D eigenvalue weighted by Gasteiger charge is -2.14. The topological polar surface area (TPSA) is 34.9 Å². The second-order valence-corrected chi connectivity index (χ2v) is 7.08. The van der Waals surface area contributed by atoms with Crippen LogP contribution in [0, 0.1) is 0 Å². The van der Waals surface area contributed by atoms with E-state index in [1.54, 1.807) is 6.20 Å². The minimum absolute atomic E-state index is 0.0988. The molecule has 4 aromatic rings. The van der Waals surface area contributed by atoms with E-state index in [4.69, 9.17) is 0 Å². The summed E-state index contributed by atoms with van der Waals surface area (Å²) in [6.45, 7) is 0.440. The zero-order valence-corrected chi connectivity index (χ0v) is 16.1. The fraction of sp³-hybridized carbons (Fsp3) is 0.0435. The van der Waals surface area contributed by atoms with E-state index >= 15 is 0 Å². The van der Waals surface area contributed by atoms with Crippen molar-refractivity contribution in [3.05, 3.63) is 112 Å². The SMILES string of the molecule is O=c1c(-c2ccccc2)c(-c2ccccc2Br)cnn1Cc1ccccc1. The van der Waals surface area contributed by atoms with Gasteiger partial charge in [0.1, 0.15) is 0 Å². The van der Waals surface area contributed by atoms with E-state index in [1.807, 2.05) is 84.9 Å². The highest BCUT2D eigenvalue weighted by Crippen LogP contribution is 2.33. The molecule has 27 heavy (non-hydrogen) atoms. The van der Waals surface area contributed by atoms with E-state index in [0.29, 0.717) is 12.1 Å². The third-order valence-electron chi connectivity index (χ3n) is 4.45. The quantitative estimate of drug-likeness (QED) is 0.447. The van der Waals surface area contributed by atoms with Crippen molar-refractivity contribution in [1.82, 2.24) is 9.78 Å². The highest BCUT2D eigenvalue weighted by atomic mass is 79.9. The molecular formula is C23H17BrN2O. The molecule has 0 radical (unpaired) electrons. The van der Waals surface area contributed by atoms with Gasteiger partial charge in [0, 0.05) is 10.0 Å². The van der Waals surface area contributed by atoms with Crippen LogP contribution in [-0.4, -0.2) is 9.78 Å². The predicted molar refractivity (Wildman–Crippen MR) is 113 cm³/mol. The van der Waals surface area contributed by atoms with E-state index in [-0.39, 0.29) is 5.56 Å². The molecular weight excluding hydrogens is 400 g/mol. The first-order chi connectivity index (χ1) is 13.2. The van der Waals surface area contributed by atoms with Gasteiger partial charge in [0.05, 0.1) is 18.3 Å². The van der Waals surface area contributed by atoms with Crippen LogP contribution in [0.15, 0.2) is 100 Å². The maximum Gasteiger partial charge on any atom is 0.275 e. The van der Waals surface area contributed by atoms with Gasteiger partial charge in [-0.2, -0.15) is 5.10 Å². The van der Waals surface area contributed by atoms with Crippen LogP contribution in [0.1, 0.15) is 5.56 Å². The highest BCUT2D eigenvalue weighted by molar-refractivity contribution is 9.10. The second-order valence-electron chi connectivity index (χ2n) is 6.23. The van der Waals surface area contributed by atoms with E-state index in [2.05, 4.69) is 21.0 Å². The van der Waals surface area contributed by atoms with Crippen LogP contribution < -0.4 is 5.56 Å². The van der Waals surface area contributed by atoms with Crippen LogP contribution in [0.4, 0.5) is 0 Å². The van der Waals surface area contributed by atoms with Gasteiger partial charge in [0.25, 0.3) is 5.56 Å². The third kappa shape index (κ3) is 3.62. The van der Waals surface area contributed by atoms with Crippen molar-refractivity contribution >= 4 is 15.9 Å². The van der Waals surface area contributed by atoms with Gasteiger partial charge in [-0.3, -0.25) is 4.79 Å². The van der Waals surface area contributed by atoms with E-state index in [9.17, 15) is 4.79 Å². The molecule has 0 saturated carbocycles. The standard InChI is InChI=1S/C23H17BrN2O/c24-21-14-8-7-13-19(21)20-15-25-26(16-17-9-3-1-4-10-17)23(27)22(20)18-11-5-2-6-12-18/h1-15H,16H2. The lowest BCUT2D eigenvalue weighted by atomic mass is 9.97. The van der Waals surface area contributed by atoms with Crippen molar-refractivity contribution in [2.24, 2.45) is 0 Å². The van der Waals surface area contributed by atoms with Gasteiger partial charge in [-0.15, -0.1) is 0 Å². The minimum atomic E-state index is -0.0988. The number of hydrogen-bond donors (Lipinski definition) is 0. The number of halogens is 1. The Hall–Kier alpha value is -2.98. The molecule has 0 aliphatic carbocycles. The van der Waals surface area contributed by atoms with Crippen molar-refractivity contribution in [2.75, 3.05) is 0 Å². The molecule has 0 aliphatic rings. The van der Waals surface area contributed by atoms with Crippen LogP contribution in [0.2, 0.25) is 0 Å². The molecule has 3 aromatic carbocycles. The summed E-state index contributed by atoms with van der Waals surface area (Å²) in [7, 11) is 0. The fourth-order valence-electron chi connectivity index (χ4n) is 3.13. The Morgan fingerprint density at radius 3 is 2.11 bits per heavy atom. The Kier molecular flexibility index (Phi) is 4.99. The first-order valence-electron chi connectivity index (χ1n) is 8.68. The molecule has 0 spiro atoms. The Morgan fingerprint density at radius 1 is 0.778 bits per heavy atom. The van der Waals surface area contributed by atoms with Crippen LogP contribution in [0.25, 0.3) is 22.3 Å². The summed E-state index contributed by atoms with van der Waals surface area (Å²) < 4.78 is 2.46. The molecule has 0 aliphatic heterocycles. The summed E-state index contributed by atoms with van der Waals surface area (Å²) in [5.74, 6) is 0. The van der Waals surface area contributed by atoms with E-state index in [0.717, 1.165) is 26.7 Å². The molecule has 3 nitrogen and oxygen atoms in total. The molecule has 4 rings (SSSR count). The van der Waals surface area contributed by atoms with Gasteiger partial charge in [-0.25, -0.2) is 4.68 Å². The van der Waals surface area contributed by atoms with Crippen LogP contribution in [0.5, 0.6) is 0 Å². The molecule has 0 bridgehead atoms. The Balaban J connectivity index is 1.92. The summed E-state index contributed by atoms with van der Waals surface area (Å²) in [5.41, 5.74) is 4.26. The normalized spacial score (nSPS) is 10.7. The number of hydrogen-bond acceptors (Lipinski definition) is 2. The molecule has 0 atom stereocenters. The minimum Gasteiger partial charge on any atom is -0.267 e. The monoisotopic (exact) mass is 416 g/mol. The lowest BCUT2D eigenvalue weighted by Crippen LogP contribution is -2.25. The summed E-state index contributed by atoms with van der Waals surface area (Å²) >= 11 is 3.60. The van der Waals surface area contributed by atoms with Crippen LogP contribution >= 0.6 is 15.9 Å². The zero-order chi connectivity index (χ0) is 18.6. The van der Waals surface area contributed by atoms with Crippen LogP contribution in [0.3, 0.4) is 0 Å². The molecule has 0 amide bonds. The molecule has 1 heterocycles. The van der Waals surface area contributed by atoms with Gasteiger partial charge in [0.15, 0.2) is 0 Å². The number of aromatic nitrogens is 2. The van der Waals surface area contributed by atoms with Crippen LogP contribution in [-0.2, 0) is 6.54 Å². The third-order valence-corrected chi connectivity index (χ3v) is 5.14. The number of benzene rings is 3. The van der Waals surface area contributed by atoms with Crippen molar-refractivity contribution in [3.63, 3.8) is 0 Å². The summed E-state index contributed by atoms with van der Waals surface area (Å²) in [6, 6.07) is 27.5. The molecule has 0 saturated heterocycles. The summed E-state index contributed by atoms with van der Waals surface area (Å²) in [5, 5.41) is 4.46. The molecule has 0 N–H and O–H groups in total. The highest BCUT2D eigenvalue weighted by Gasteiger charge is 2.16. The van der Waals surface area contributed by atoms with Gasteiger partial charge < -0.3 is 0 Å². The van der Waals surface area contributed by atoms with Crippen molar-refractivity contribution in [2.45, 2.75) is 6.54 Å². The largest absolute Gasteiger partial charge is 0.275 e. The smallest absolute Gasteiger partial charge is 0.267 e. The molecule has 4 heteroatoms. The van der Waals surface area contributed by atoms with E-state index < -0.39 is 0 Å². The van der Waals surface area contributed by atoms with Crippen molar-refractivity contribution in [1.29, 1.82) is 0 Å². The lowest BCUT2D eigenvalue weighted by molar-refractivity contribution is 0.641. The fourth-order valence-corrected chi connectivity index (χ4v) is 3.62. The molecule has 0 fully saturated rings. The Morgan fingerprint density at radius 2 is 1.41 bits per heavy atom. The average molecular weight is 417 g/mol. The maximum absolute atomic E-state index is 13.4. The number of nitrogens with zero attached hydrogens (tertiary/aromatic N) is 2. The van der Waals surface area contributed by atoms with Gasteiger partial charge in [-0.05, 0) is 22.8 Å². The molecule has 0 unspecified atom stereocenters. The first-order valence-corrected chi connectivity index (χ1v) is 9.48. The number of rotatable bonds is 4.